The average Bonchev–Trinajstić information content (AvgIpc) is 2.20. The highest BCUT2D eigenvalue weighted by Crippen LogP contribution is 2.14. The van der Waals surface area contributed by atoms with Gasteiger partial charge in [-0.1, -0.05) is 71.1 Å². The minimum Gasteiger partial charge on any atom is -0.165 e. The van der Waals surface area contributed by atoms with Crippen molar-refractivity contribution in [3.05, 3.63) is 0 Å². The van der Waals surface area contributed by atoms with Gasteiger partial charge in [0.1, 0.15) is 0 Å². The van der Waals surface area contributed by atoms with Crippen molar-refractivity contribution >= 4 is 25.3 Å². The summed E-state index contributed by atoms with van der Waals surface area (Å²) in [6.45, 7) is 2.27. The SMILES string of the molecule is CCCCCCCCCCCCC(S)S. The molecule has 0 saturated carbocycles. The van der Waals surface area contributed by atoms with Crippen LogP contribution in [0.25, 0.3) is 0 Å². The molecule has 0 N–H and O–H groups in total. The summed E-state index contributed by atoms with van der Waals surface area (Å²) in [6, 6.07) is 0. The van der Waals surface area contributed by atoms with Gasteiger partial charge in [0.15, 0.2) is 0 Å². The predicted molar refractivity (Wildman–Crippen MR) is 78.2 cm³/mol. The topological polar surface area (TPSA) is 0 Å². The zero-order chi connectivity index (χ0) is 11.4. The number of thiol groups is 2. The van der Waals surface area contributed by atoms with E-state index in [4.69, 9.17) is 0 Å². The molecule has 0 nitrogen and oxygen atoms in total. The predicted octanol–water partition coefficient (Wildman–Crippen LogP) is 5.48. The van der Waals surface area contributed by atoms with Crippen LogP contribution in [0, 0.1) is 0 Å². The fourth-order valence-corrected chi connectivity index (χ4v) is 2.18. The molecule has 0 bridgehead atoms. The molecule has 0 radical (unpaired) electrons. The van der Waals surface area contributed by atoms with E-state index in [1.807, 2.05) is 0 Å². The molecule has 0 aromatic carbocycles. The molecule has 2 heteroatoms. The lowest BCUT2D eigenvalue weighted by molar-refractivity contribution is 0.554. The van der Waals surface area contributed by atoms with Gasteiger partial charge in [0.25, 0.3) is 0 Å². The first kappa shape index (κ1) is 15.7. The standard InChI is InChI=1S/C13H28S2/c1-2-3-4-5-6-7-8-9-10-11-12-13(14)15/h13-15H,2-12H2,1H3. The van der Waals surface area contributed by atoms with Gasteiger partial charge < -0.3 is 0 Å². The van der Waals surface area contributed by atoms with E-state index in [-0.39, 0.29) is 0 Å². The maximum absolute atomic E-state index is 4.25. The Bertz CT molecular complexity index is 113. The van der Waals surface area contributed by atoms with Gasteiger partial charge in [-0.25, -0.2) is 0 Å². The zero-order valence-corrected chi connectivity index (χ0v) is 12.0. The Morgan fingerprint density at radius 2 is 1.07 bits per heavy atom. The maximum Gasteiger partial charge on any atom is 0.0442 e. The lowest BCUT2D eigenvalue weighted by Crippen LogP contribution is -1.87. The summed E-state index contributed by atoms with van der Waals surface area (Å²) in [5.41, 5.74) is 0. The Labute approximate surface area is 107 Å². The lowest BCUT2D eigenvalue weighted by atomic mass is 10.1. The van der Waals surface area contributed by atoms with E-state index >= 15 is 0 Å². The van der Waals surface area contributed by atoms with Crippen LogP contribution in [0.2, 0.25) is 0 Å². The third-order valence-corrected chi connectivity index (χ3v) is 3.33. The normalized spacial score (nSPS) is 11.2. The third-order valence-electron chi connectivity index (χ3n) is 2.82. The van der Waals surface area contributed by atoms with Crippen LogP contribution in [0.3, 0.4) is 0 Å². The van der Waals surface area contributed by atoms with E-state index in [1.165, 1.54) is 64.2 Å². The van der Waals surface area contributed by atoms with Gasteiger partial charge in [-0.15, -0.1) is 0 Å². The van der Waals surface area contributed by atoms with E-state index in [9.17, 15) is 0 Å². The fourth-order valence-electron chi connectivity index (χ4n) is 1.81. The Kier molecular flexibility index (Phi) is 13.4. The van der Waals surface area contributed by atoms with Crippen molar-refractivity contribution in [1.82, 2.24) is 0 Å². The van der Waals surface area contributed by atoms with Gasteiger partial charge >= 0.3 is 0 Å². The van der Waals surface area contributed by atoms with Crippen LogP contribution >= 0.6 is 25.3 Å². The fraction of sp³-hybridized carbons (Fsp3) is 1.00. The minimum atomic E-state index is 0.291. The molecular formula is C13H28S2. The van der Waals surface area contributed by atoms with Crippen molar-refractivity contribution in [1.29, 1.82) is 0 Å². The summed E-state index contributed by atoms with van der Waals surface area (Å²) in [5.74, 6) is 0. The highest BCUT2D eigenvalue weighted by atomic mass is 32.2. The van der Waals surface area contributed by atoms with Crippen LogP contribution in [0.4, 0.5) is 0 Å². The van der Waals surface area contributed by atoms with Crippen molar-refractivity contribution in [3.8, 4) is 0 Å². The Morgan fingerprint density at radius 3 is 1.47 bits per heavy atom. The van der Waals surface area contributed by atoms with Crippen molar-refractivity contribution in [2.24, 2.45) is 0 Å². The number of rotatable bonds is 11. The second-order valence-electron chi connectivity index (χ2n) is 4.45. The van der Waals surface area contributed by atoms with Crippen LogP contribution in [0.15, 0.2) is 0 Å². The summed E-state index contributed by atoms with van der Waals surface area (Å²) in [5, 5.41) is 0. The molecule has 0 heterocycles. The van der Waals surface area contributed by atoms with E-state index in [0.29, 0.717) is 4.58 Å². The molecule has 0 spiro atoms. The summed E-state index contributed by atoms with van der Waals surface area (Å²) in [6.07, 6.45) is 15.2. The van der Waals surface area contributed by atoms with Gasteiger partial charge in [0.05, 0.1) is 0 Å². The lowest BCUT2D eigenvalue weighted by Gasteiger charge is -2.03. The molecule has 0 aromatic heterocycles. The molecule has 0 aliphatic heterocycles. The van der Waals surface area contributed by atoms with Gasteiger partial charge in [0, 0.05) is 4.58 Å². The molecular weight excluding hydrogens is 220 g/mol. The molecule has 0 amide bonds. The smallest absolute Gasteiger partial charge is 0.0442 e. The number of hydrogen-bond donors (Lipinski definition) is 2. The zero-order valence-electron chi connectivity index (χ0n) is 10.2. The van der Waals surface area contributed by atoms with Crippen molar-refractivity contribution in [2.45, 2.75) is 82.1 Å². The van der Waals surface area contributed by atoms with E-state index < -0.39 is 0 Å². The van der Waals surface area contributed by atoms with Crippen LogP contribution < -0.4 is 0 Å². The van der Waals surface area contributed by atoms with E-state index in [2.05, 4.69) is 32.2 Å². The number of unbranched alkanes of at least 4 members (excludes halogenated alkanes) is 9. The second kappa shape index (κ2) is 12.8. The molecule has 0 aliphatic carbocycles. The van der Waals surface area contributed by atoms with Crippen molar-refractivity contribution in [2.75, 3.05) is 0 Å². The van der Waals surface area contributed by atoms with Crippen molar-refractivity contribution < 1.29 is 0 Å². The molecule has 0 aliphatic rings. The Morgan fingerprint density at radius 1 is 0.667 bits per heavy atom. The van der Waals surface area contributed by atoms with E-state index in [1.54, 1.807) is 0 Å². The molecule has 0 saturated heterocycles. The quantitative estimate of drug-likeness (QED) is 0.270. The first-order valence-corrected chi connectivity index (χ1v) is 7.66. The highest BCUT2D eigenvalue weighted by Gasteiger charge is 1.95. The molecule has 0 aromatic rings. The second-order valence-corrected chi connectivity index (χ2v) is 6.11. The van der Waals surface area contributed by atoms with E-state index in [0.717, 1.165) is 6.42 Å². The summed E-state index contributed by atoms with van der Waals surface area (Å²) in [4.78, 5) is 0. The maximum atomic E-state index is 4.25. The van der Waals surface area contributed by atoms with Gasteiger partial charge in [-0.05, 0) is 6.42 Å². The first-order valence-electron chi connectivity index (χ1n) is 6.63. The Balaban J connectivity index is 2.87. The Hall–Kier alpha value is 0.700. The van der Waals surface area contributed by atoms with Crippen LogP contribution in [-0.4, -0.2) is 4.58 Å². The van der Waals surface area contributed by atoms with Gasteiger partial charge in [0.2, 0.25) is 0 Å². The monoisotopic (exact) mass is 248 g/mol. The van der Waals surface area contributed by atoms with Gasteiger partial charge in [-0.3, -0.25) is 0 Å². The molecule has 92 valence electrons. The molecule has 0 rings (SSSR count). The van der Waals surface area contributed by atoms with Crippen LogP contribution in [0.1, 0.15) is 77.6 Å². The van der Waals surface area contributed by atoms with Crippen LogP contribution in [0.5, 0.6) is 0 Å². The minimum absolute atomic E-state index is 0.291. The summed E-state index contributed by atoms with van der Waals surface area (Å²) in [7, 11) is 0. The average molecular weight is 249 g/mol. The third kappa shape index (κ3) is 14.7. The molecule has 0 atom stereocenters. The first-order chi connectivity index (χ1) is 7.27. The van der Waals surface area contributed by atoms with Crippen molar-refractivity contribution in [3.63, 3.8) is 0 Å². The molecule has 0 fully saturated rings. The van der Waals surface area contributed by atoms with Gasteiger partial charge in [-0.2, -0.15) is 25.3 Å². The summed E-state index contributed by atoms with van der Waals surface area (Å²) < 4.78 is 0.291. The largest absolute Gasteiger partial charge is 0.165 e. The number of hydrogen-bond acceptors (Lipinski definition) is 2. The highest BCUT2D eigenvalue weighted by molar-refractivity contribution is 7.99. The summed E-state index contributed by atoms with van der Waals surface area (Å²) >= 11 is 8.51. The van der Waals surface area contributed by atoms with Crippen LogP contribution in [-0.2, 0) is 0 Å². The molecule has 0 unspecified atom stereocenters. The molecule has 15 heavy (non-hydrogen) atoms.